The first kappa shape index (κ1) is 33.4. The lowest BCUT2D eigenvalue weighted by Crippen LogP contribution is -2.10. The van der Waals surface area contributed by atoms with Gasteiger partial charge in [0, 0.05) is 0 Å². The molecule has 0 spiro atoms. The van der Waals surface area contributed by atoms with Crippen LogP contribution in [-0.2, 0) is 6.42 Å². The topological polar surface area (TPSA) is 0 Å². The minimum Gasteiger partial charge on any atom is -0.0708 e. The Kier molecular flexibility index (Phi) is 16.9. The second-order valence-electron chi connectivity index (χ2n) is 12.5. The Morgan fingerprint density at radius 1 is 0.463 bits per heavy atom. The molecule has 0 atom stereocenters. The Bertz CT molecular complexity index is 1060. The summed E-state index contributed by atoms with van der Waals surface area (Å²) in [5.74, 6) is 0. The van der Waals surface area contributed by atoms with E-state index in [1.165, 1.54) is 155 Å². The van der Waals surface area contributed by atoms with Crippen molar-refractivity contribution in [3.8, 4) is 22.3 Å². The zero-order chi connectivity index (χ0) is 29.0. The molecule has 0 bridgehead atoms. The van der Waals surface area contributed by atoms with Crippen LogP contribution in [0.4, 0.5) is 0 Å². The van der Waals surface area contributed by atoms with Crippen molar-refractivity contribution in [1.82, 2.24) is 0 Å². The van der Waals surface area contributed by atoms with Crippen molar-refractivity contribution in [3.63, 3.8) is 0 Å². The fourth-order valence-corrected chi connectivity index (χ4v) is 7.07. The van der Waals surface area contributed by atoms with Gasteiger partial charge in [0.2, 0.25) is 0 Å². The predicted molar refractivity (Wildman–Crippen MR) is 189 cm³/mol. The summed E-state index contributed by atoms with van der Waals surface area (Å²) < 4.78 is 0. The van der Waals surface area contributed by atoms with Crippen LogP contribution >= 0.6 is 0 Å². The van der Waals surface area contributed by atoms with E-state index >= 15 is 0 Å². The van der Waals surface area contributed by atoms with Crippen LogP contribution in [-0.4, -0.2) is 9.52 Å². The van der Waals surface area contributed by atoms with E-state index in [0.29, 0.717) is 0 Å². The lowest BCUT2D eigenvalue weighted by atomic mass is 9.96. The number of hydrogen-bond donors (Lipinski definition) is 0. The molecule has 0 aliphatic heterocycles. The van der Waals surface area contributed by atoms with E-state index in [1.807, 2.05) is 0 Å². The van der Waals surface area contributed by atoms with E-state index in [9.17, 15) is 0 Å². The van der Waals surface area contributed by atoms with Crippen molar-refractivity contribution >= 4 is 14.7 Å². The average Bonchev–Trinajstić information content (AvgIpc) is 3.01. The number of hydrogen-bond acceptors (Lipinski definition) is 0. The molecule has 1 heteroatoms. The van der Waals surface area contributed by atoms with Crippen molar-refractivity contribution < 1.29 is 0 Å². The molecule has 224 valence electrons. The molecule has 0 aliphatic carbocycles. The van der Waals surface area contributed by atoms with Gasteiger partial charge in [-0.3, -0.25) is 0 Å². The highest BCUT2D eigenvalue weighted by atomic mass is 28.2. The fraction of sp³-hybridized carbons (Fsp3) is 0.550. The summed E-state index contributed by atoms with van der Waals surface area (Å²) in [5, 5.41) is 1.55. The normalized spacial score (nSPS) is 11.6. The first-order chi connectivity index (χ1) is 20.2. The standard InChI is InChI=1S/C40H60Si/c1-4-5-6-7-8-9-10-11-12-13-14-15-16-17-18-19-20-21-22-35-23-25-36(26-24-35)37-27-29-38(30-28-37)40-32-31-39(41-3)33-34(40)2/h23-33H,4-22,41H2,1-3H3. The number of rotatable bonds is 22. The van der Waals surface area contributed by atoms with Gasteiger partial charge in [0.05, 0.1) is 9.52 Å². The van der Waals surface area contributed by atoms with E-state index in [0.717, 1.165) is 0 Å². The quantitative estimate of drug-likeness (QED) is 0.0835. The Hall–Kier alpha value is -2.12. The first-order valence-corrected chi connectivity index (χ1v) is 19.6. The van der Waals surface area contributed by atoms with Gasteiger partial charge < -0.3 is 0 Å². The molecule has 0 aliphatic rings. The van der Waals surface area contributed by atoms with Crippen LogP contribution in [0, 0.1) is 6.92 Å². The molecule has 3 rings (SSSR count). The van der Waals surface area contributed by atoms with Gasteiger partial charge in [-0.1, -0.05) is 195 Å². The monoisotopic (exact) mass is 568 g/mol. The SMILES string of the molecule is CCCCCCCCCCCCCCCCCCCCc1ccc(-c2ccc(-c3ccc([SiH2]C)cc3C)cc2)cc1. The van der Waals surface area contributed by atoms with E-state index in [1.54, 1.807) is 5.19 Å². The van der Waals surface area contributed by atoms with Gasteiger partial charge in [-0.05, 0) is 53.1 Å². The maximum Gasteiger partial charge on any atom is 0.0517 e. The Morgan fingerprint density at radius 2 is 0.878 bits per heavy atom. The minimum atomic E-state index is -0.0905. The molecule has 0 heterocycles. The smallest absolute Gasteiger partial charge is 0.0517 e. The van der Waals surface area contributed by atoms with Crippen molar-refractivity contribution in [2.45, 2.75) is 142 Å². The van der Waals surface area contributed by atoms with Gasteiger partial charge in [0.25, 0.3) is 0 Å². The van der Waals surface area contributed by atoms with Crippen molar-refractivity contribution in [2.75, 3.05) is 0 Å². The maximum atomic E-state index is 2.38. The maximum absolute atomic E-state index is 2.38. The highest BCUT2D eigenvalue weighted by Gasteiger charge is 2.05. The molecule has 0 fully saturated rings. The summed E-state index contributed by atoms with van der Waals surface area (Å²) in [4.78, 5) is 0. The summed E-state index contributed by atoms with van der Waals surface area (Å²) in [7, 11) is -0.0905. The Morgan fingerprint density at radius 3 is 1.32 bits per heavy atom. The van der Waals surface area contributed by atoms with Crippen molar-refractivity contribution in [1.29, 1.82) is 0 Å². The molecule has 41 heavy (non-hydrogen) atoms. The third-order valence-corrected chi connectivity index (χ3v) is 10.3. The second kappa shape index (κ2) is 20.7. The van der Waals surface area contributed by atoms with Gasteiger partial charge >= 0.3 is 0 Å². The summed E-state index contributed by atoms with van der Waals surface area (Å²) in [6.45, 7) is 6.91. The highest BCUT2D eigenvalue weighted by Crippen LogP contribution is 2.27. The second-order valence-corrected chi connectivity index (χ2v) is 14.1. The van der Waals surface area contributed by atoms with E-state index in [4.69, 9.17) is 0 Å². The van der Waals surface area contributed by atoms with Crippen LogP contribution < -0.4 is 5.19 Å². The fourth-order valence-electron chi connectivity index (χ4n) is 6.21. The molecule has 0 nitrogen and oxygen atoms in total. The number of unbranched alkanes of at least 4 members (excludes halogenated alkanes) is 17. The van der Waals surface area contributed by atoms with Gasteiger partial charge in [-0.15, -0.1) is 0 Å². The molecule has 0 amide bonds. The zero-order valence-corrected chi connectivity index (χ0v) is 28.4. The summed E-state index contributed by atoms with van der Waals surface area (Å²) >= 11 is 0. The van der Waals surface area contributed by atoms with Crippen LogP contribution in [0.25, 0.3) is 22.3 Å². The van der Waals surface area contributed by atoms with Gasteiger partial charge in [-0.2, -0.15) is 0 Å². The molecule has 0 radical (unpaired) electrons. The molecular weight excluding hydrogens is 509 g/mol. The van der Waals surface area contributed by atoms with Gasteiger partial charge in [-0.25, -0.2) is 0 Å². The predicted octanol–water partition coefficient (Wildman–Crippen LogP) is 11.8. The molecule has 0 unspecified atom stereocenters. The third kappa shape index (κ3) is 13.2. The molecule has 3 aromatic rings. The van der Waals surface area contributed by atoms with Crippen LogP contribution in [0.1, 0.15) is 134 Å². The summed E-state index contributed by atoms with van der Waals surface area (Å²) in [5.41, 5.74) is 8.19. The zero-order valence-electron chi connectivity index (χ0n) is 27.0. The molecule has 0 N–H and O–H groups in total. The van der Waals surface area contributed by atoms with E-state index in [2.05, 4.69) is 87.1 Å². The van der Waals surface area contributed by atoms with Gasteiger partial charge in [0.1, 0.15) is 0 Å². The molecule has 0 aromatic heterocycles. The van der Waals surface area contributed by atoms with Gasteiger partial charge in [0.15, 0.2) is 0 Å². The summed E-state index contributed by atoms with van der Waals surface area (Å²) in [6.07, 6.45) is 27.1. The summed E-state index contributed by atoms with van der Waals surface area (Å²) in [6, 6.07) is 25.5. The molecule has 3 aromatic carbocycles. The lowest BCUT2D eigenvalue weighted by molar-refractivity contribution is 0.525. The van der Waals surface area contributed by atoms with Crippen LogP contribution in [0.5, 0.6) is 0 Å². The largest absolute Gasteiger partial charge is 0.0708 e. The van der Waals surface area contributed by atoms with Crippen LogP contribution in [0.15, 0.2) is 66.7 Å². The number of benzene rings is 3. The van der Waals surface area contributed by atoms with Crippen molar-refractivity contribution in [2.24, 2.45) is 0 Å². The highest BCUT2D eigenvalue weighted by molar-refractivity contribution is 6.51. The van der Waals surface area contributed by atoms with Crippen LogP contribution in [0.3, 0.4) is 0 Å². The minimum absolute atomic E-state index is 0.0905. The molecule has 0 saturated heterocycles. The Balaban J connectivity index is 1.20. The first-order valence-electron chi connectivity index (χ1n) is 17.5. The average molecular weight is 569 g/mol. The Labute approximate surface area is 256 Å². The van der Waals surface area contributed by atoms with E-state index in [-0.39, 0.29) is 9.52 Å². The molecular formula is C40H60Si. The molecule has 0 saturated carbocycles. The number of aryl methyl sites for hydroxylation is 2. The lowest BCUT2D eigenvalue weighted by Gasteiger charge is -2.10. The van der Waals surface area contributed by atoms with Crippen molar-refractivity contribution in [3.05, 3.63) is 77.9 Å². The van der Waals surface area contributed by atoms with Crippen LogP contribution in [0.2, 0.25) is 6.55 Å². The van der Waals surface area contributed by atoms with E-state index < -0.39 is 0 Å². The third-order valence-electron chi connectivity index (χ3n) is 9.00.